The molecule has 3 nitrogen and oxygen atoms in total. The molecule has 0 fully saturated rings. The molecule has 0 saturated carbocycles. The number of amides is 1. The van der Waals surface area contributed by atoms with Gasteiger partial charge in [-0.1, -0.05) is 11.6 Å². The number of nitrogens with one attached hydrogen (secondary N) is 1. The Labute approximate surface area is 126 Å². The van der Waals surface area contributed by atoms with Gasteiger partial charge in [0.2, 0.25) is 0 Å². The lowest BCUT2D eigenvalue weighted by molar-refractivity contribution is 0.0797. The fourth-order valence-corrected chi connectivity index (χ4v) is 1.86. The molecule has 96 valence electrons. The van der Waals surface area contributed by atoms with Crippen LogP contribution in [-0.4, -0.2) is 38.0 Å². The summed E-state index contributed by atoms with van der Waals surface area (Å²) < 4.78 is 0.895. The van der Waals surface area contributed by atoms with Gasteiger partial charge in [0.05, 0.1) is 5.02 Å². The molecule has 0 heterocycles. The predicted octanol–water partition coefficient (Wildman–Crippen LogP) is 2.66. The van der Waals surface area contributed by atoms with E-state index in [-0.39, 0.29) is 18.3 Å². The Balaban J connectivity index is 0.00000256. The molecule has 0 bridgehead atoms. The van der Waals surface area contributed by atoms with Crippen LogP contribution in [0.5, 0.6) is 0 Å². The topological polar surface area (TPSA) is 32.3 Å². The molecule has 0 aliphatic heterocycles. The van der Waals surface area contributed by atoms with Crippen molar-refractivity contribution in [2.24, 2.45) is 0 Å². The van der Waals surface area contributed by atoms with Gasteiger partial charge in [-0.15, -0.1) is 12.4 Å². The molecular formula is C11H15Cl2IN2O. The summed E-state index contributed by atoms with van der Waals surface area (Å²) in [6.45, 7) is 1.47. The number of likely N-dealkylation sites (N-methyl/N-ethyl adjacent to an activating group) is 2. The second-order valence-corrected chi connectivity index (χ2v) is 5.03. The number of carbonyl (C=O) groups is 1. The van der Waals surface area contributed by atoms with Gasteiger partial charge in [-0.25, -0.2) is 0 Å². The van der Waals surface area contributed by atoms with Crippen molar-refractivity contribution in [3.8, 4) is 0 Å². The third-order valence-corrected chi connectivity index (χ3v) is 3.75. The molecule has 0 unspecified atom stereocenters. The molecule has 0 radical (unpaired) electrons. The van der Waals surface area contributed by atoms with Gasteiger partial charge in [0, 0.05) is 29.3 Å². The van der Waals surface area contributed by atoms with Crippen molar-refractivity contribution < 1.29 is 4.79 Å². The second-order valence-electron chi connectivity index (χ2n) is 3.46. The molecule has 1 aromatic carbocycles. The van der Waals surface area contributed by atoms with E-state index in [1.807, 2.05) is 7.05 Å². The maximum atomic E-state index is 12.0. The summed E-state index contributed by atoms with van der Waals surface area (Å²) in [6.07, 6.45) is 0. The highest BCUT2D eigenvalue weighted by atomic mass is 127. The highest BCUT2D eigenvalue weighted by Crippen LogP contribution is 2.19. The van der Waals surface area contributed by atoms with E-state index in [0.29, 0.717) is 17.1 Å². The number of halogens is 3. The Morgan fingerprint density at radius 1 is 1.53 bits per heavy atom. The Bertz CT molecular complexity index is 388. The summed E-state index contributed by atoms with van der Waals surface area (Å²) in [5, 5.41) is 3.68. The fourth-order valence-electron chi connectivity index (χ4n) is 1.23. The van der Waals surface area contributed by atoms with E-state index in [9.17, 15) is 4.79 Å². The standard InChI is InChI=1S/C11H14ClIN2O.ClH/c1-14-5-6-15(2)11(16)8-3-4-9(12)10(13)7-8;/h3-4,7,14H,5-6H2,1-2H3;1H. The van der Waals surface area contributed by atoms with Crippen LogP contribution in [0.1, 0.15) is 10.4 Å². The summed E-state index contributed by atoms with van der Waals surface area (Å²) in [7, 11) is 3.66. The monoisotopic (exact) mass is 388 g/mol. The van der Waals surface area contributed by atoms with Crippen LogP contribution in [0.25, 0.3) is 0 Å². The molecule has 1 rings (SSSR count). The highest BCUT2D eigenvalue weighted by molar-refractivity contribution is 14.1. The van der Waals surface area contributed by atoms with Gasteiger partial charge in [-0.2, -0.15) is 0 Å². The maximum Gasteiger partial charge on any atom is 0.253 e. The lowest BCUT2D eigenvalue weighted by Crippen LogP contribution is -2.32. The molecule has 6 heteroatoms. The first-order valence-electron chi connectivity index (χ1n) is 4.91. The number of benzene rings is 1. The van der Waals surface area contributed by atoms with E-state index in [1.54, 1.807) is 30.1 Å². The summed E-state index contributed by atoms with van der Waals surface area (Å²) in [5.74, 6) is 0.0184. The van der Waals surface area contributed by atoms with Crippen molar-refractivity contribution in [3.63, 3.8) is 0 Å². The summed E-state index contributed by atoms with van der Waals surface area (Å²) in [5.41, 5.74) is 0.674. The average Bonchev–Trinajstić information content (AvgIpc) is 2.28. The van der Waals surface area contributed by atoms with Gasteiger partial charge >= 0.3 is 0 Å². The number of hydrogen-bond acceptors (Lipinski definition) is 2. The van der Waals surface area contributed by atoms with Crippen molar-refractivity contribution in [2.45, 2.75) is 0 Å². The zero-order valence-electron chi connectivity index (χ0n) is 9.67. The normalized spacial score (nSPS) is 9.65. The molecule has 1 amide bonds. The lowest BCUT2D eigenvalue weighted by atomic mass is 10.2. The first-order valence-corrected chi connectivity index (χ1v) is 6.37. The van der Waals surface area contributed by atoms with E-state index in [4.69, 9.17) is 11.6 Å². The minimum Gasteiger partial charge on any atom is -0.340 e. The highest BCUT2D eigenvalue weighted by Gasteiger charge is 2.12. The molecule has 1 N–H and O–H groups in total. The molecule has 0 spiro atoms. The minimum absolute atomic E-state index is 0. The van der Waals surface area contributed by atoms with E-state index in [0.717, 1.165) is 10.1 Å². The zero-order valence-corrected chi connectivity index (χ0v) is 13.4. The van der Waals surface area contributed by atoms with Gasteiger partial charge in [-0.05, 0) is 47.8 Å². The predicted molar refractivity (Wildman–Crippen MR) is 82.3 cm³/mol. The zero-order chi connectivity index (χ0) is 12.1. The number of hydrogen-bond donors (Lipinski definition) is 1. The molecular weight excluding hydrogens is 374 g/mol. The van der Waals surface area contributed by atoms with Crippen LogP contribution >= 0.6 is 46.6 Å². The molecule has 17 heavy (non-hydrogen) atoms. The van der Waals surface area contributed by atoms with Crippen molar-refractivity contribution in [2.75, 3.05) is 27.2 Å². The molecule has 0 saturated heterocycles. The van der Waals surface area contributed by atoms with Crippen LogP contribution in [0.3, 0.4) is 0 Å². The first-order chi connectivity index (χ1) is 7.56. The summed E-state index contributed by atoms with van der Waals surface area (Å²) in [4.78, 5) is 13.7. The summed E-state index contributed by atoms with van der Waals surface area (Å²) >= 11 is 8.03. The van der Waals surface area contributed by atoms with Gasteiger partial charge in [-0.3, -0.25) is 4.79 Å². The fraction of sp³-hybridized carbons (Fsp3) is 0.364. The Morgan fingerprint density at radius 2 is 2.18 bits per heavy atom. The maximum absolute atomic E-state index is 12.0. The van der Waals surface area contributed by atoms with E-state index in [1.165, 1.54) is 0 Å². The molecule has 0 atom stereocenters. The van der Waals surface area contributed by atoms with Gasteiger partial charge in [0.1, 0.15) is 0 Å². The minimum atomic E-state index is 0. The SMILES string of the molecule is CNCCN(C)C(=O)c1ccc(Cl)c(I)c1.Cl. The number of carbonyl (C=O) groups excluding carboxylic acids is 1. The Kier molecular flexibility index (Phi) is 8.11. The van der Waals surface area contributed by atoms with Crippen LogP contribution < -0.4 is 5.32 Å². The largest absolute Gasteiger partial charge is 0.340 e. The van der Waals surface area contributed by atoms with Crippen LogP contribution in [0.15, 0.2) is 18.2 Å². The van der Waals surface area contributed by atoms with Crippen LogP contribution in [0.4, 0.5) is 0 Å². The molecule has 1 aromatic rings. The molecule has 0 aliphatic carbocycles. The van der Waals surface area contributed by atoms with Gasteiger partial charge in [0.15, 0.2) is 0 Å². The van der Waals surface area contributed by atoms with Gasteiger partial charge < -0.3 is 10.2 Å². The number of rotatable bonds is 4. The van der Waals surface area contributed by atoms with Crippen molar-refractivity contribution in [1.82, 2.24) is 10.2 Å². The van der Waals surface area contributed by atoms with Crippen molar-refractivity contribution >= 4 is 52.5 Å². The van der Waals surface area contributed by atoms with Crippen molar-refractivity contribution in [1.29, 1.82) is 0 Å². The smallest absolute Gasteiger partial charge is 0.253 e. The lowest BCUT2D eigenvalue weighted by Gasteiger charge is -2.17. The van der Waals surface area contributed by atoms with E-state index < -0.39 is 0 Å². The van der Waals surface area contributed by atoms with Crippen LogP contribution in [-0.2, 0) is 0 Å². The average molecular weight is 389 g/mol. The third-order valence-electron chi connectivity index (χ3n) is 2.21. The van der Waals surface area contributed by atoms with E-state index in [2.05, 4.69) is 27.9 Å². The first kappa shape index (κ1) is 17.0. The van der Waals surface area contributed by atoms with Crippen molar-refractivity contribution in [3.05, 3.63) is 32.4 Å². The van der Waals surface area contributed by atoms with Crippen LogP contribution in [0, 0.1) is 3.57 Å². The molecule has 0 aliphatic rings. The number of nitrogens with zero attached hydrogens (tertiary/aromatic N) is 1. The van der Waals surface area contributed by atoms with Gasteiger partial charge in [0.25, 0.3) is 5.91 Å². The Morgan fingerprint density at radius 3 is 2.71 bits per heavy atom. The second kappa shape index (κ2) is 8.13. The quantitative estimate of drug-likeness (QED) is 0.804. The van der Waals surface area contributed by atoms with Crippen LogP contribution in [0.2, 0.25) is 5.02 Å². The van der Waals surface area contributed by atoms with E-state index >= 15 is 0 Å². The molecule has 0 aromatic heterocycles. The Hall–Kier alpha value is -0.0400. The summed E-state index contributed by atoms with van der Waals surface area (Å²) in [6, 6.07) is 5.31. The third kappa shape index (κ3) is 4.99.